The normalized spacial score (nSPS) is 9.88. The van der Waals surface area contributed by atoms with Gasteiger partial charge in [0.2, 0.25) is 5.91 Å². The standard InChI is InChI=1S/C10H10F2N2OS/c11-7-2-1-6(3-8(7)12)4-10(15)14-5-9(13)16/h1-3H,4-5H2,(H2,13,16)(H,14,15). The highest BCUT2D eigenvalue weighted by atomic mass is 32.1. The summed E-state index contributed by atoms with van der Waals surface area (Å²) in [5.41, 5.74) is 5.57. The van der Waals surface area contributed by atoms with E-state index in [9.17, 15) is 13.6 Å². The van der Waals surface area contributed by atoms with Gasteiger partial charge in [-0.05, 0) is 17.7 Å². The minimum absolute atomic E-state index is 0.0419. The molecule has 0 heterocycles. The monoisotopic (exact) mass is 244 g/mol. The first kappa shape index (κ1) is 12.5. The molecule has 16 heavy (non-hydrogen) atoms. The number of halogens is 2. The van der Waals surface area contributed by atoms with E-state index >= 15 is 0 Å². The summed E-state index contributed by atoms with van der Waals surface area (Å²) in [4.78, 5) is 11.4. The van der Waals surface area contributed by atoms with Crippen LogP contribution in [-0.4, -0.2) is 17.4 Å². The molecule has 0 atom stereocenters. The second-order valence-corrected chi connectivity index (χ2v) is 3.69. The van der Waals surface area contributed by atoms with Gasteiger partial charge in [-0.25, -0.2) is 8.78 Å². The van der Waals surface area contributed by atoms with E-state index in [1.807, 2.05) is 0 Å². The van der Waals surface area contributed by atoms with Crippen molar-refractivity contribution in [2.75, 3.05) is 6.54 Å². The lowest BCUT2D eigenvalue weighted by molar-refractivity contribution is -0.120. The number of thiocarbonyl (C=S) groups is 1. The minimum atomic E-state index is -0.973. The summed E-state index contributed by atoms with van der Waals surface area (Å²) in [7, 11) is 0. The lowest BCUT2D eigenvalue weighted by Gasteiger charge is -2.04. The molecular formula is C10H10F2N2OS. The Morgan fingerprint density at radius 1 is 1.38 bits per heavy atom. The number of nitrogens with two attached hydrogens (primary N) is 1. The Balaban J connectivity index is 2.56. The minimum Gasteiger partial charge on any atom is -0.392 e. The Morgan fingerprint density at radius 3 is 2.62 bits per heavy atom. The van der Waals surface area contributed by atoms with Gasteiger partial charge < -0.3 is 11.1 Å². The van der Waals surface area contributed by atoms with Crippen molar-refractivity contribution in [2.24, 2.45) is 5.73 Å². The molecule has 86 valence electrons. The molecule has 1 aromatic rings. The van der Waals surface area contributed by atoms with Crippen molar-refractivity contribution in [2.45, 2.75) is 6.42 Å². The number of amides is 1. The maximum atomic E-state index is 12.8. The first-order valence-electron chi connectivity index (χ1n) is 4.48. The van der Waals surface area contributed by atoms with Crippen LogP contribution in [0.1, 0.15) is 5.56 Å². The molecule has 0 saturated carbocycles. The number of hydrogen-bond acceptors (Lipinski definition) is 2. The second kappa shape index (κ2) is 5.50. The molecular weight excluding hydrogens is 234 g/mol. The average molecular weight is 244 g/mol. The summed E-state index contributed by atoms with van der Waals surface area (Å²) in [6.07, 6.45) is -0.0419. The fraction of sp³-hybridized carbons (Fsp3) is 0.200. The average Bonchev–Trinajstić information content (AvgIpc) is 2.21. The molecule has 0 radical (unpaired) electrons. The van der Waals surface area contributed by atoms with Gasteiger partial charge in [0.25, 0.3) is 0 Å². The van der Waals surface area contributed by atoms with Crippen LogP contribution in [0.15, 0.2) is 18.2 Å². The van der Waals surface area contributed by atoms with Gasteiger partial charge in [-0.3, -0.25) is 4.79 Å². The van der Waals surface area contributed by atoms with Gasteiger partial charge in [-0.15, -0.1) is 0 Å². The number of benzene rings is 1. The van der Waals surface area contributed by atoms with Crippen LogP contribution >= 0.6 is 12.2 Å². The van der Waals surface area contributed by atoms with Crippen LogP contribution < -0.4 is 11.1 Å². The predicted octanol–water partition coefficient (Wildman–Crippen LogP) is 0.910. The van der Waals surface area contributed by atoms with Crippen LogP contribution in [0.5, 0.6) is 0 Å². The van der Waals surface area contributed by atoms with Gasteiger partial charge in [0.15, 0.2) is 11.6 Å². The first-order chi connectivity index (χ1) is 7.49. The van der Waals surface area contributed by atoms with Gasteiger partial charge in [0, 0.05) is 0 Å². The predicted molar refractivity (Wildman–Crippen MR) is 59.9 cm³/mol. The summed E-state index contributed by atoms with van der Waals surface area (Å²) in [6.45, 7) is 0.0951. The molecule has 0 spiro atoms. The van der Waals surface area contributed by atoms with Crippen LogP contribution in [0.2, 0.25) is 0 Å². The van der Waals surface area contributed by atoms with E-state index in [4.69, 9.17) is 5.73 Å². The van der Waals surface area contributed by atoms with Crippen LogP contribution in [0.25, 0.3) is 0 Å². The molecule has 0 aromatic heterocycles. The molecule has 3 N–H and O–H groups in total. The Hall–Kier alpha value is -1.56. The summed E-state index contributed by atoms with van der Waals surface area (Å²) in [5.74, 6) is -2.26. The third-order valence-electron chi connectivity index (χ3n) is 1.81. The van der Waals surface area contributed by atoms with Gasteiger partial charge in [0.05, 0.1) is 18.0 Å². The van der Waals surface area contributed by atoms with Crippen molar-refractivity contribution < 1.29 is 13.6 Å². The third-order valence-corrected chi connectivity index (χ3v) is 1.95. The molecule has 0 aliphatic carbocycles. The molecule has 1 rings (SSSR count). The van der Waals surface area contributed by atoms with Gasteiger partial charge in [-0.1, -0.05) is 18.3 Å². The zero-order valence-corrected chi connectivity index (χ0v) is 9.11. The van der Waals surface area contributed by atoms with Crippen molar-refractivity contribution in [3.63, 3.8) is 0 Å². The number of nitrogens with one attached hydrogen (secondary N) is 1. The maximum absolute atomic E-state index is 12.8. The van der Waals surface area contributed by atoms with Crippen LogP contribution in [0, 0.1) is 11.6 Å². The molecule has 0 unspecified atom stereocenters. The van der Waals surface area contributed by atoms with Gasteiger partial charge >= 0.3 is 0 Å². The Bertz CT molecular complexity index is 423. The molecule has 0 bridgehead atoms. The highest BCUT2D eigenvalue weighted by Crippen LogP contribution is 2.08. The van der Waals surface area contributed by atoms with E-state index in [-0.39, 0.29) is 23.9 Å². The van der Waals surface area contributed by atoms with Crippen LogP contribution in [0.4, 0.5) is 8.78 Å². The topological polar surface area (TPSA) is 55.1 Å². The van der Waals surface area contributed by atoms with E-state index in [1.54, 1.807) is 0 Å². The second-order valence-electron chi connectivity index (χ2n) is 3.17. The molecule has 1 amide bonds. The molecule has 0 saturated heterocycles. The third kappa shape index (κ3) is 3.90. The lowest BCUT2D eigenvalue weighted by atomic mass is 10.1. The molecule has 6 heteroatoms. The quantitative estimate of drug-likeness (QED) is 0.774. The zero-order chi connectivity index (χ0) is 12.1. The Labute approximate surface area is 96.6 Å². The fourth-order valence-corrected chi connectivity index (χ4v) is 1.16. The highest BCUT2D eigenvalue weighted by Gasteiger charge is 2.06. The summed E-state index contributed by atoms with van der Waals surface area (Å²) >= 11 is 4.57. The van der Waals surface area contributed by atoms with E-state index < -0.39 is 11.6 Å². The molecule has 0 fully saturated rings. The summed E-state index contributed by atoms with van der Waals surface area (Å²) in [5, 5.41) is 2.44. The fourth-order valence-electron chi connectivity index (χ4n) is 1.08. The van der Waals surface area contributed by atoms with Crippen molar-refractivity contribution in [1.29, 1.82) is 0 Å². The smallest absolute Gasteiger partial charge is 0.224 e. The van der Waals surface area contributed by atoms with Gasteiger partial charge in [-0.2, -0.15) is 0 Å². The van der Waals surface area contributed by atoms with E-state index in [2.05, 4.69) is 17.5 Å². The molecule has 0 aliphatic heterocycles. The molecule has 1 aromatic carbocycles. The summed E-state index contributed by atoms with van der Waals surface area (Å²) < 4.78 is 25.4. The zero-order valence-electron chi connectivity index (χ0n) is 8.30. The van der Waals surface area contributed by atoms with Crippen molar-refractivity contribution in [3.8, 4) is 0 Å². The summed E-state index contributed by atoms with van der Waals surface area (Å²) in [6, 6.07) is 3.31. The Morgan fingerprint density at radius 2 is 2.06 bits per heavy atom. The van der Waals surface area contributed by atoms with E-state index in [0.29, 0.717) is 5.56 Å². The van der Waals surface area contributed by atoms with Gasteiger partial charge in [0.1, 0.15) is 0 Å². The molecule has 3 nitrogen and oxygen atoms in total. The van der Waals surface area contributed by atoms with Crippen molar-refractivity contribution in [1.82, 2.24) is 5.32 Å². The number of carbonyl (C=O) groups is 1. The first-order valence-corrected chi connectivity index (χ1v) is 4.89. The maximum Gasteiger partial charge on any atom is 0.224 e. The number of rotatable bonds is 4. The van der Waals surface area contributed by atoms with Crippen LogP contribution in [0.3, 0.4) is 0 Å². The van der Waals surface area contributed by atoms with E-state index in [0.717, 1.165) is 12.1 Å². The lowest BCUT2D eigenvalue weighted by Crippen LogP contribution is -2.33. The molecule has 0 aliphatic rings. The number of hydrogen-bond donors (Lipinski definition) is 2. The van der Waals surface area contributed by atoms with Crippen molar-refractivity contribution in [3.05, 3.63) is 35.4 Å². The Kier molecular flexibility index (Phi) is 4.30. The number of carbonyl (C=O) groups excluding carboxylic acids is 1. The largest absolute Gasteiger partial charge is 0.392 e. The van der Waals surface area contributed by atoms with Crippen LogP contribution in [-0.2, 0) is 11.2 Å². The SMILES string of the molecule is NC(=S)CNC(=O)Cc1ccc(F)c(F)c1. The van der Waals surface area contributed by atoms with Crippen molar-refractivity contribution >= 4 is 23.1 Å². The highest BCUT2D eigenvalue weighted by molar-refractivity contribution is 7.80. The van der Waals surface area contributed by atoms with E-state index in [1.165, 1.54) is 6.07 Å².